The molecule has 7 heteroatoms. The second-order valence-corrected chi connectivity index (χ2v) is 7.17. The van der Waals surface area contributed by atoms with E-state index in [2.05, 4.69) is 32.1 Å². The Bertz CT molecular complexity index is 949. The van der Waals surface area contributed by atoms with Crippen LogP contribution >= 0.6 is 0 Å². The van der Waals surface area contributed by atoms with Gasteiger partial charge in [0.1, 0.15) is 11.6 Å². The summed E-state index contributed by atoms with van der Waals surface area (Å²) in [5.41, 5.74) is 1.84. The van der Waals surface area contributed by atoms with E-state index in [1.54, 1.807) is 7.11 Å². The largest absolute Gasteiger partial charge is 0.497 e. The third kappa shape index (κ3) is 4.14. The highest BCUT2D eigenvalue weighted by Gasteiger charge is 2.24. The predicted octanol–water partition coefficient (Wildman–Crippen LogP) is 2.39. The summed E-state index contributed by atoms with van der Waals surface area (Å²) in [4.78, 5) is 21.9. The second kappa shape index (κ2) is 8.39. The van der Waals surface area contributed by atoms with Crippen molar-refractivity contribution in [1.82, 2.24) is 24.6 Å². The summed E-state index contributed by atoms with van der Waals surface area (Å²) in [5.74, 6) is 1.78. The fourth-order valence-corrected chi connectivity index (χ4v) is 3.74. The molecule has 1 aliphatic rings. The third-order valence-corrected chi connectivity index (χ3v) is 5.31. The van der Waals surface area contributed by atoms with Crippen molar-refractivity contribution in [3.8, 4) is 11.4 Å². The van der Waals surface area contributed by atoms with E-state index in [0.29, 0.717) is 0 Å². The molecule has 28 heavy (non-hydrogen) atoms. The molecule has 0 saturated carbocycles. The van der Waals surface area contributed by atoms with Crippen molar-refractivity contribution < 1.29 is 4.74 Å². The van der Waals surface area contributed by atoms with Gasteiger partial charge in [0, 0.05) is 31.4 Å². The average molecular weight is 379 g/mol. The molecule has 7 nitrogen and oxygen atoms in total. The molecule has 0 spiro atoms. The van der Waals surface area contributed by atoms with Gasteiger partial charge in [-0.05, 0) is 67.8 Å². The minimum Gasteiger partial charge on any atom is -0.497 e. The number of aromatic nitrogens is 4. The van der Waals surface area contributed by atoms with Gasteiger partial charge in [-0.3, -0.25) is 9.97 Å². The number of hydrogen-bond donors (Lipinski definition) is 1. The van der Waals surface area contributed by atoms with Crippen LogP contribution in [0, 0.1) is 0 Å². The van der Waals surface area contributed by atoms with Gasteiger partial charge in [-0.15, -0.1) is 5.10 Å². The molecule has 3 heterocycles. The van der Waals surface area contributed by atoms with Crippen LogP contribution < -0.4 is 10.4 Å². The smallest absolute Gasteiger partial charge is 0.348 e. The standard InChI is InChI=1S/C21H25N5O2/c1-28-19-6-4-18(5-7-19)26-21(27)23-20(24-26)17-3-2-13-25(15-17)14-10-16-8-11-22-12-9-16/h4-9,11-12,17H,2-3,10,13-15H2,1H3,(H,23,24,27). The van der Waals surface area contributed by atoms with Gasteiger partial charge in [-0.1, -0.05) is 0 Å². The number of benzene rings is 1. The number of nitrogens with zero attached hydrogens (tertiary/aromatic N) is 4. The third-order valence-electron chi connectivity index (χ3n) is 5.31. The van der Waals surface area contributed by atoms with Crippen LogP contribution in [0.2, 0.25) is 0 Å². The number of methoxy groups -OCH3 is 1. The molecule has 1 atom stereocenters. The Morgan fingerprint density at radius 1 is 1.18 bits per heavy atom. The van der Waals surface area contributed by atoms with Gasteiger partial charge in [-0.2, -0.15) is 4.68 Å². The lowest BCUT2D eigenvalue weighted by Gasteiger charge is -2.31. The molecule has 2 aromatic heterocycles. The molecule has 1 unspecified atom stereocenters. The zero-order valence-corrected chi connectivity index (χ0v) is 16.0. The van der Waals surface area contributed by atoms with Crippen LogP contribution in [0.25, 0.3) is 5.69 Å². The minimum atomic E-state index is -0.200. The van der Waals surface area contributed by atoms with Crippen LogP contribution in [0.15, 0.2) is 53.6 Å². The van der Waals surface area contributed by atoms with Gasteiger partial charge >= 0.3 is 5.69 Å². The van der Waals surface area contributed by atoms with Crippen molar-refractivity contribution >= 4 is 0 Å². The van der Waals surface area contributed by atoms with E-state index >= 15 is 0 Å². The van der Waals surface area contributed by atoms with E-state index in [9.17, 15) is 4.79 Å². The maximum Gasteiger partial charge on any atom is 0.348 e. The average Bonchev–Trinajstić information content (AvgIpc) is 3.15. The van der Waals surface area contributed by atoms with Crippen molar-refractivity contribution in [2.75, 3.05) is 26.7 Å². The molecule has 3 aromatic rings. The first kappa shape index (κ1) is 18.4. The van der Waals surface area contributed by atoms with E-state index in [1.807, 2.05) is 36.7 Å². The number of aromatic amines is 1. The van der Waals surface area contributed by atoms with Gasteiger partial charge in [0.25, 0.3) is 0 Å². The van der Waals surface area contributed by atoms with Crippen LogP contribution in [0.1, 0.15) is 30.1 Å². The van der Waals surface area contributed by atoms with Crippen molar-refractivity contribution in [1.29, 1.82) is 0 Å². The fraction of sp³-hybridized carbons (Fsp3) is 0.381. The van der Waals surface area contributed by atoms with Crippen molar-refractivity contribution in [2.24, 2.45) is 0 Å². The number of H-pyrrole nitrogens is 1. The number of pyridine rings is 1. The minimum absolute atomic E-state index is 0.200. The number of likely N-dealkylation sites (tertiary alicyclic amines) is 1. The Morgan fingerprint density at radius 3 is 2.71 bits per heavy atom. The van der Waals surface area contributed by atoms with Crippen LogP contribution in [0.5, 0.6) is 5.75 Å². The molecule has 0 aliphatic carbocycles. The molecular formula is C21H25N5O2. The Morgan fingerprint density at radius 2 is 1.96 bits per heavy atom. The van der Waals surface area contributed by atoms with Crippen LogP contribution in [-0.2, 0) is 6.42 Å². The van der Waals surface area contributed by atoms with Crippen molar-refractivity contribution in [3.05, 3.63) is 70.7 Å². The zero-order valence-electron chi connectivity index (χ0n) is 16.0. The monoisotopic (exact) mass is 379 g/mol. The zero-order chi connectivity index (χ0) is 19.3. The highest BCUT2D eigenvalue weighted by molar-refractivity contribution is 5.36. The highest BCUT2D eigenvalue weighted by Crippen LogP contribution is 2.24. The van der Waals surface area contributed by atoms with E-state index < -0.39 is 0 Å². The summed E-state index contributed by atoms with van der Waals surface area (Å²) in [5, 5.41) is 4.58. The molecule has 146 valence electrons. The Balaban J connectivity index is 1.44. The summed E-state index contributed by atoms with van der Waals surface area (Å²) < 4.78 is 6.61. The van der Waals surface area contributed by atoms with Gasteiger partial charge in [0.2, 0.25) is 0 Å². The van der Waals surface area contributed by atoms with Crippen LogP contribution in [-0.4, -0.2) is 51.4 Å². The quantitative estimate of drug-likeness (QED) is 0.712. The van der Waals surface area contributed by atoms with Gasteiger partial charge in [0.15, 0.2) is 0 Å². The van der Waals surface area contributed by atoms with Crippen molar-refractivity contribution in [3.63, 3.8) is 0 Å². The Kier molecular flexibility index (Phi) is 5.53. The second-order valence-electron chi connectivity index (χ2n) is 7.17. The fourth-order valence-electron chi connectivity index (χ4n) is 3.74. The number of piperidine rings is 1. The predicted molar refractivity (Wildman–Crippen MR) is 107 cm³/mol. The summed E-state index contributed by atoms with van der Waals surface area (Å²) in [6.45, 7) is 3.01. The normalized spacial score (nSPS) is 17.5. The van der Waals surface area contributed by atoms with Crippen LogP contribution in [0.3, 0.4) is 0 Å². The van der Waals surface area contributed by atoms with Crippen LogP contribution in [0.4, 0.5) is 0 Å². The SMILES string of the molecule is COc1ccc(-n2nc(C3CCCN(CCc4ccncc4)C3)[nH]c2=O)cc1. The molecule has 4 rings (SSSR count). The van der Waals surface area contributed by atoms with E-state index in [-0.39, 0.29) is 11.6 Å². The molecule has 0 bridgehead atoms. The van der Waals surface area contributed by atoms with E-state index in [0.717, 1.165) is 56.2 Å². The highest BCUT2D eigenvalue weighted by atomic mass is 16.5. The first-order valence-corrected chi connectivity index (χ1v) is 9.68. The summed E-state index contributed by atoms with van der Waals surface area (Å²) in [6, 6.07) is 11.5. The molecule has 0 amide bonds. The van der Waals surface area contributed by atoms with E-state index in [1.165, 1.54) is 10.2 Å². The van der Waals surface area contributed by atoms with Gasteiger partial charge < -0.3 is 9.64 Å². The first-order chi connectivity index (χ1) is 13.7. The topological polar surface area (TPSA) is 76.0 Å². The molecule has 1 fully saturated rings. The number of rotatable bonds is 6. The lowest BCUT2D eigenvalue weighted by Crippen LogP contribution is -2.36. The summed E-state index contributed by atoms with van der Waals surface area (Å²) in [7, 11) is 1.62. The molecule has 1 saturated heterocycles. The number of nitrogens with one attached hydrogen (secondary N) is 1. The summed E-state index contributed by atoms with van der Waals surface area (Å²) in [6.07, 6.45) is 6.83. The first-order valence-electron chi connectivity index (χ1n) is 9.68. The van der Waals surface area contributed by atoms with Crippen molar-refractivity contribution in [2.45, 2.75) is 25.2 Å². The number of ether oxygens (including phenoxy) is 1. The maximum atomic E-state index is 12.4. The Hall–Kier alpha value is -2.93. The molecular weight excluding hydrogens is 354 g/mol. The maximum absolute atomic E-state index is 12.4. The lowest BCUT2D eigenvalue weighted by atomic mass is 9.97. The van der Waals surface area contributed by atoms with E-state index in [4.69, 9.17) is 4.74 Å². The summed E-state index contributed by atoms with van der Waals surface area (Å²) >= 11 is 0. The lowest BCUT2D eigenvalue weighted by molar-refractivity contribution is 0.206. The molecule has 1 aromatic carbocycles. The molecule has 0 radical (unpaired) electrons. The van der Waals surface area contributed by atoms with Gasteiger partial charge in [0.05, 0.1) is 12.8 Å². The number of hydrogen-bond acceptors (Lipinski definition) is 5. The molecule has 1 N–H and O–H groups in total. The van der Waals surface area contributed by atoms with Gasteiger partial charge in [-0.25, -0.2) is 4.79 Å². The molecule has 1 aliphatic heterocycles. The Labute approximate surface area is 164 Å².